The third kappa shape index (κ3) is 4.94. The predicted molar refractivity (Wildman–Crippen MR) is 67.4 cm³/mol. The number of rotatable bonds is 6. The summed E-state index contributed by atoms with van der Waals surface area (Å²) in [5.74, 6) is -19.3. The number of hydrogen-bond donors (Lipinski definition) is 0. The minimum Gasteiger partial charge on any atom is -0.441 e. The van der Waals surface area contributed by atoms with Crippen LogP contribution in [0.2, 0.25) is 0 Å². The van der Waals surface area contributed by atoms with Gasteiger partial charge in [-0.3, -0.25) is 0 Å². The van der Waals surface area contributed by atoms with E-state index < -0.39 is 88.6 Å². The third-order valence-corrected chi connectivity index (χ3v) is 3.18. The van der Waals surface area contributed by atoms with Crippen molar-refractivity contribution in [2.75, 3.05) is 0 Å². The van der Waals surface area contributed by atoms with Crippen molar-refractivity contribution in [3.63, 3.8) is 0 Å². The van der Waals surface area contributed by atoms with Crippen LogP contribution >= 0.6 is 45.2 Å². The molecule has 15 heteroatoms. The van der Waals surface area contributed by atoms with Crippen LogP contribution in [0.4, 0.5) is 52.7 Å². The molecule has 0 aromatic rings. The van der Waals surface area contributed by atoms with E-state index in [-0.39, 0.29) is 0 Å². The van der Waals surface area contributed by atoms with Crippen LogP contribution in [0.25, 0.3) is 0 Å². The highest BCUT2D eigenvalue weighted by Gasteiger charge is 2.65. The summed E-state index contributed by atoms with van der Waals surface area (Å²) in [5, 5.41) is 0. The first-order chi connectivity index (χ1) is 9.87. The average Bonchev–Trinajstić information content (AvgIpc) is 2.24. The van der Waals surface area contributed by atoms with E-state index in [1.807, 2.05) is 0 Å². The fourth-order valence-corrected chi connectivity index (χ4v) is 1.29. The van der Waals surface area contributed by atoms with Gasteiger partial charge >= 0.3 is 31.9 Å². The summed E-state index contributed by atoms with van der Waals surface area (Å²) in [6.45, 7) is 0. The van der Waals surface area contributed by atoms with Crippen LogP contribution in [0.3, 0.4) is 0 Å². The first kappa shape index (κ1) is 22.9. The second-order valence-corrected chi connectivity index (χ2v) is 6.14. The molecule has 1 nitrogen and oxygen atoms in total. The Morgan fingerprint density at radius 2 is 0.783 bits per heavy atom. The van der Waals surface area contributed by atoms with Gasteiger partial charge in [-0.15, -0.1) is 0 Å². The predicted octanol–water partition coefficient (Wildman–Crippen LogP) is 6.55. The summed E-state index contributed by atoms with van der Waals surface area (Å²) in [6.07, 6.45) is -7.78. The molecule has 136 valence electrons. The molecule has 0 bridgehead atoms. The summed E-state index contributed by atoms with van der Waals surface area (Å²) in [7, 11) is 0. The van der Waals surface area contributed by atoms with E-state index in [1.165, 1.54) is 0 Å². The van der Waals surface area contributed by atoms with Crippen molar-refractivity contribution in [1.82, 2.24) is 0 Å². The number of alkyl halides is 10. The normalized spacial score (nSPS) is 13.7. The molecule has 23 heavy (non-hydrogen) atoms. The maximum absolute atomic E-state index is 13.0. The molecule has 0 amide bonds. The van der Waals surface area contributed by atoms with Gasteiger partial charge in [0.2, 0.25) is 11.5 Å². The van der Waals surface area contributed by atoms with E-state index in [1.54, 1.807) is 0 Å². The van der Waals surface area contributed by atoms with Gasteiger partial charge in [-0.1, -0.05) is 0 Å². The Morgan fingerprint density at radius 1 is 0.565 bits per heavy atom. The molecule has 0 aromatic carbocycles. The molecule has 0 heterocycles. The lowest BCUT2D eigenvalue weighted by atomic mass is 10.2. The van der Waals surface area contributed by atoms with E-state index in [0.29, 0.717) is 0 Å². The van der Waals surface area contributed by atoms with Crippen LogP contribution < -0.4 is 0 Å². The summed E-state index contributed by atoms with van der Waals surface area (Å²) in [6, 6.07) is 0. The molecule has 0 aromatic heterocycles. The smallest absolute Gasteiger partial charge is 0.381 e. The molecular weight excluding hydrogens is 594 g/mol. The molecule has 0 aliphatic heterocycles. The van der Waals surface area contributed by atoms with Gasteiger partial charge in [0.05, 0.1) is 0 Å². The van der Waals surface area contributed by atoms with Gasteiger partial charge in [-0.05, 0) is 0 Å². The van der Waals surface area contributed by atoms with Crippen LogP contribution in [0, 0.1) is 0 Å². The highest BCUT2D eigenvalue weighted by Crippen LogP contribution is 2.51. The SMILES string of the molecule is FC(F)=C(OC(=C(F)F)C(F)(F)C(F)(F)I)C(F)(F)C(F)(F)I. The Kier molecular flexibility index (Phi) is 7.00. The first-order valence-corrected chi connectivity index (χ1v) is 6.71. The Labute approximate surface area is 146 Å². The van der Waals surface area contributed by atoms with Gasteiger partial charge in [0.1, 0.15) is 0 Å². The van der Waals surface area contributed by atoms with Crippen molar-refractivity contribution in [3.05, 3.63) is 23.7 Å². The minimum atomic E-state index is -6.05. The summed E-state index contributed by atoms with van der Waals surface area (Å²) in [4.78, 5) is 0. The maximum Gasteiger partial charge on any atom is 0.381 e. The molecule has 0 rings (SSSR count). The lowest BCUT2D eigenvalue weighted by Gasteiger charge is -2.27. The quantitative estimate of drug-likeness (QED) is 0.147. The van der Waals surface area contributed by atoms with Crippen LogP contribution in [-0.4, -0.2) is 19.7 Å². The van der Waals surface area contributed by atoms with E-state index in [2.05, 4.69) is 4.74 Å². The van der Waals surface area contributed by atoms with Gasteiger partial charge in [-0.25, -0.2) is 0 Å². The van der Waals surface area contributed by atoms with Gasteiger partial charge in [0, 0.05) is 45.2 Å². The number of hydrogen-bond acceptors (Lipinski definition) is 1. The van der Waals surface area contributed by atoms with E-state index in [4.69, 9.17) is 0 Å². The first-order valence-electron chi connectivity index (χ1n) is 4.55. The maximum atomic E-state index is 13.0. The molecule has 0 spiro atoms. The number of ether oxygens (including phenoxy) is 1. The van der Waals surface area contributed by atoms with Crippen LogP contribution in [0.1, 0.15) is 0 Å². The topological polar surface area (TPSA) is 9.23 Å². The van der Waals surface area contributed by atoms with Crippen molar-refractivity contribution in [1.29, 1.82) is 0 Å². The molecule has 0 unspecified atom stereocenters. The van der Waals surface area contributed by atoms with Gasteiger partial charge in [0.25, 0.3) is 0 Å². The summed E-state index contributed by atoms with van der Waals surface area (Å²) < 4.78 is 143. The van der Waals surface area contributed by atoms with Crippen molar-refractivity contribution < 1.29 is 57.4 Å². The highest BCUT2D eigenvalue weighted by molar-refractivity contribution is 14.1. The second-order valence-electron chi connectivity index (χ2n) is 3.43. The van der Waals surface area contributed by atoms with Crippen LogP contribution in [0.15, 0.2) is 23.7 Å². The molecule has 0 saturated heterocycles. The van der Waals surface area contributed by atoms with Crippen molar-refractivity contribution in [2.24, 2.45) is 0 Å². The summed E-state index contributed by atoms with van der Waals surface area (Å²) >= 11 is -0.805. The van der Waals surface area contributed by atoms with Gasteiger partial charge in [0.15, 0.2) is 0 Å². The Balaban J connectivity index is 6.17. The van der Waals surface area contributed by atoms with E-state index in [0.717, 1.165) is 0 Å². The molecule has 0 radical (unpaired) electrons. The molecule has 0 aliphatic rings. The third-order valence-electron chi connectivity index (χ3n) is 1.83. The standard InChI is InChI=1S/C8F12I2O/c9-3(10)1(5(13,14)7(17,18)21)23-2(4(11)12)6(15,16)8(19,20)22. The Hall–Kier alpha value is -0.100. The van der Waals surface area contributed by atoms with Crippen molar-refractivity contribution >= 4 is 45.2 Å². The monoisotopic (exact) mass is 594 g/mol. The Bertz CT molecular complexity index is 460. The molecule has 0 fully saturated rings. The minimum absolute atomic E-state index is 0.402. The van der Waals surface area contributed by atoms with Gasteiger partial charge in [-0.2, -0.15) is 52.7 Å². The van der Waals surface area contributed by atoms with Crippen molar-refractivity contribution in [3.8, 4) is 0 Å². The van der Waals surface area contributed by atoms with E-state index >= 15 is 0 Å². The number of allylic oxidation sites excluding steroid dienone is 2. The largest absolute Gasteiger partial charge is 0.441 e. The number of halogens is 14. The van der Waals surface area contributed by atoms with Crippen LogP contribution in [-0.2, 0) is 4.74 Å². The Morgan fingerprint density at radius 3 is 0.913 bits per heavy atom. The zero-order valence-electron chi connectivity index (χ0n) is 9.70. The highest BCUT2D eigenvalue weighted by atomic mass is 127. The zero-order chi connectivity index (χ0) is 19.0. The summed E-state index contributed by atoms with van der Waals surface area (Å²) in [5.41, 5.74) is 0. The molecular formula is C8F12I2O. The average molecular weight is 594 g/mol. The molecule has 0 N–H and O–H groups in total. The van der Waals surface area contributed by atoms with Crippen LogP contribution in [0.5, 0.6) is 0 Å². The lowest BCUT2D eigenvalue weighted by Crippen LogP contribution is -2.42. The molecule has 0 aliphatic carbocycles. The van der Waals surface area contributed by atoms with E-state index in [9.17, 15) is 52.7 Å². The van der Waals surface area contributed by atoms with Gasteiger partial charge < -0.3 is 4.74 Å². The lowest BCUT2D eigenvalue weighted by molar-refractivity contribution is -0.167. The second kappa shape index (κ2) is 7.03. The molecule has 0 atom stereocenters. The molecule has 0 saturated carbocycles. The zero-order valence-corrected chi connectivity index (χ0v) is 14.0. The van der Waals surface area contributed by atoms with Crippen molar-refractivity contribution in [2.45, 2.75) is 19.7 Å². The fourth-order valence-electron chi connectivity index (χ4n) is 0.802. The fraction of sp³-hybridized carbons (Fsp3) is 0.500.